The molecule has 1 rings (SSSR count). The van der Waals surface area contributed by atoms with E-state index in [9.17, 15) is 18.3 Å². The van der Waals surface area contributed by atoms with E-state index >= 15 is 0 Å². The molecule has 0 spiro atoms. The van der Waals surface area contributed by atoms with Crippen LogP contribution in [0.15, 0.2) is 0 Å². The maximum Gasteiger partial charge on any atom is 0.408 e. The van der Waals surface area contributed by atoms with Gasteiger partial charge < -0.3 is 5.11 Å². The molecule has 0 saturated carbocycles. The van der Waals surface area contributed by atoms with Gasteiger partial charge in [-0.15, -0.1) is 0 Å². The Balaban J connectivity index is 3.07. The fourth-order valence-electron chi connectivity index (χ4n) is 1.72. The molecule has 0 aliphatic carbocycles. The zero-order valence-corrected chi connectivity index (χ0v) is 9.47. The average Bonchev–Trinajstić information content (AvgIpc) is 2.38. The van der Waals surface area contributed by atoms with Crippen molar-refractivity contribution in [3.05, 3.63) is 17.0 Å². The van der Waals surface area contributed by atoms with Crippen molar-refractivity contribution in [1.82, 2.24) is 9.78 Å². The van der Waals surface area contributed by atoms with Gasteiger partial charge in [0.05, 0.1) is 11.8 Å². The fourth-order valence-corrected chi connectivity index (χ4v) is 1.72. The first-order chi connectivity index (χ1) is 7.26. The topological polar surface area (TPSA) is 38.1 Å². The minimum atomic E-state index is -4.29. The second-order valence-corrected chi connectivity index (χ2v) is 3.78. The van der Waals surface area contributed by atoms with Crippen LogP contribution in [-0.2, 0) is 6.54 Å². The number of rotatable bonds is 3. The van der Waals surface area contributed by atoms with Gasteiger partial charge in [-0.05, 0) is 20.3 Å². The minimum Gasteiger partial charge on any atom is -0.388 e. The largest absolute Gasteiger partial charge is 0.408 e. The normalized spacial score (nSPS) is 14.2. The van der Waals surface area contributed by atoms with Crippen molar-refractivity contribution in [2.24, 2.45) is 0 Å². The predicted octanol–water partition coefficient (Wildman–Crippen LogP) is 2.51. The Morgan fingerprint density at radius 1 is 1.38 bits per heavy atom. The van der Waals surface area contributed by atoms with E-state index in [2.05, 4.69) is 5.10 Å². The van der Waals surface area contributed by atoms with E-state index in [4.69, 9.17) is 0 Å². The first-order valence-corrected chi connectivity index (χ1v) is 5.05. The van der Waals surface area contributed by atoms with E-state index < -0.39 is 18.8 Å². The highest BCUT2D eigenvalue weighted by Crippen LogP contribution is 2.26. The molecular formula is C10H15F3N2O. The molecule has 0 fully saturated rings. The van der Waals surface area contributed by atoms with Gasteiger partial charge in [0.2, 0.25) is 0 Å². The lowest BCUT2D eigenvalue weighted by Gasteiger charge is -2.10. The van der Waals surface area contributed by atoms with Crippen molar-refractivity contribution in [3.8, 4) is 0 Å². The highest BCUT2D eigenvalue weighted by Gasteiger charge is 2.30. The van der Waals surface area contributed by atoms with Crippen molar-refractivity contribution in [3.63, 3.8) is 0 Å². The molecule has 1 aromatic rings. The number of nitrogens with zero attached hydrogens (tertiary/aromatic N) is 2. The molecule has 0 amide bonds. The summed E-state index contributed by atoms with van der Waals surface area (Å²) in [5.74, 6) is 0. The fraction of sp³-hybridized carbons (Fsp3) is 0.700. The number of alkyl halides is 3. The average molecular weight is 236 g/mol. The van der Waals surface area contributed by atoms with E-state index in [1.54, 1.807) is 20.8 Å². The van der Waals surface area contributed by atoms with Crippen molar-refractivity contribution >= 4 is 0 Å². The maximum absolute atomic E-state index is 12.2. The predicted molar refractivity (Wildman–Crippen MR) is 53.0 cm³/mol. The summed E-state index contributed by atoms with van der Waals surface area (Å²) in [5, 5.41) is 13.5. The molecule has 0 saturated heterocycles. The molecule has 3 nitrogen and oxygen atoms in total. The Labute approximate surface area is 91.9 Å². The molecule has 6 heteroatoms. The van der Waals surface area contributed by atoms with Gasteiger partial charge in [-0.2, -0.15) is 18.3 Å². The van der Waals surface area contributed by atoms with Crippen LogP contribution in [0, 0.1) is 13.8 Å². The Hall–Kier alpha value is -1.04. The number of aryl methyl sites for hydroxylation is 1. The SMILES string of the molecule is CCC(O)c1c(C)nn(CC(F)(F)F)c1C. The van der Waals surface area contributed by atoms with Crippen molar-refractivity contribution in [2.45, 2.75) is 46.0 Å². The van der Waals surface area contributed by atoms with Gasteiger partial charge in [0, 0.05) is 11.3 Å². The lowest BCUT2D eigenvalue weighted by atomic mass is 10.1. The summed E-state index contributed by atoms with van der Waals surface area (Å²) >= 11 is 0. The van der Waals surface area contributed by atoms with Crippen LogP contribution < -0.4 is 0 Å². The molecule has 0 bridgehead atoms. The van der Waals surface area contributed by atoms with Crippen LogP contribution in [0.25, 0.3) is 0 Å². The van der Waals surface area contributed by atoms with Crippen molar-refractivity contribution < 1.29 is 18.3 Å². The lowest BCUT2D eigenvalue weighted by molar-refractivity contribution is -0.143. The van der Waals surface area contributed by atoms with Gasteiger partial charge in [-0.3, -0.25) is 4.68 Å². The number of aliphatic hydroxyl groups excluding tert-OH is 1. The molecule has 1 N–H and O–H groups in total. The molecule has 0 radical (unpaired) electrons. The Morgan fingerprint density at radius 2 is 1.94 bits per heavy atom. The van der Waals surface area contributed by atoms with Crippen LogP contribution in [-0.4, -0.2) is 21.1 Å². The monoisotopic (exact) mass is 236 g/mol. The molecule has 1 aromatic heterocycles. The van der Waals surface area contributed by atoms with Gasteiger partial charge >= 0.3 is 6.18 Å². The molecule has 0 aliphatic heterocycles. The molecule has 16 heavy (non-hydrogen) atoms. The van der Waals surface area contributed by atoms with E-state index in [1.807, 2.05) is 0 Å². The van der Waals surface area contributed by atoms with Crippen LogP contribution in [0.5, 0.6) is 0 Å². The number of hydrogen-bond donors (Lipinski definition) is 1. The van der Waals surface area contributed by atoms with Crippen molar-refractivity contribution in [2.75, 3.05) is 0 Å². The molecule has 1 unspecified atom stereocenters. The lowest BCUT2D eigenvalue weighted by Crippen LogP contribution is -2.19. The highest BCUT2D eigenvalue weighted by atomic mass is 19.4. The standard InChI is InChI=1S/C10H15F3N2O/c1-4-8(16)9-6(2)14-15(7(9)3)5-10(11,12)13/h8,16H,4-5H2,1-3H3. The zero-order chi connectivity index (χ0) is 12.5. The molecule has 1 atom stereocenters. The third-order valence-electron chi connectivity index (χ3n) is 2.49. The van der Waals surface area contributed by atoms with Gasteiger partial charge in [0.25, 0.3) is 0 Å². The number of aliphatic hydroxyl groups is 1. The number of aromatic nitrogens is 2. The van der Waals surface area contributed by atoms with E-state index in [0.717, 1.165) is 4.68 Å². The number of hydrogen-bond acceptors (Lipinski definition) is 2. The summed E-state index contributed by atoms with van der Waals surface area (Å²) in [6, 6.07) is 0. The van der Waals surface area contributed by atoms with E-state index in [1.165, 1.54) is 0 Å². The summed E-state index contributed by atoms with van der Waals surface area (Å²) in [7, 11) is 0. The first kappa shape index (κ1) is 13.0. The second-order valence-electron chi connectivity index (χ2n) is 3.78. The summed E-state index contributed by atoms with van der Waals surface area (Å²) in [5.41, 5.74) is 1.34. The number of halogens is 3. The van der Waals surface area contributed by atoms with Gasteiger partial charge in [0.1, 0.15) is 6.54 Å². The maximum atomic E-state index is 12.2. The Kier molecular flexibility index (Phi) is 3.62. The molecule has 1 heterocycles. The summed E-state index contributed by atoms with van der Waals surface area (Å²) in [6.45, 7) is 3.80. The van der Waals surface area contributed by atoms with Gasteiger partial charge in [-0.1, -0.05) is 6.92 Å². The van der Waals surface area contributed by atoms with E-state index in [-0.39, 0.29) is 0 Å². The first-order valence-electron chi connectivity index (χ1n) is 5.05. The summed E-state index contributed by atoms with van der Waals surface area (Å²) in [6.07, 6.45) is -4.58. The minimum absolute atomic E-state index is 0.379. The third-order valence-corrected chi connectivity index (χ3v) is 2.49. The van der Waals surface area contributed by atoms with E-state index in [0.29, 0.717) is 23.4 Å². The van der Waals surface area contributed by atoms with Crippen LogP contribution in [0.3, 0.4) is 0 Å². The van der Waals surface area contributed by atoms with Crippen LogP contribution in [0.2, 0.25) is 0 Å². The highest BCUT2D eigenvalue weighted by molar-refractivity contribution is 5.26. The van der Waals surface area contributed by atoms with Crippen LogP contribution >= 0.6 is 0 Å². The van der Waals surface area contributed by atoms with Crippen LogP contribution in [0.4, 0.5) is 13.2 Å². The summed E-state index contributed by atoms with van der Waals surface area (Å²) in [4.78, 5) is 0. The quantitative estimate of drug-likeness (QED) is 0.875. The molecular weight excluding hydrogens is 221 g/mol. The van der Waals surface area contributed by atoms with Gasteiger partial charge in [-0.25, -0.2) is 0 Å². The molecule has 0 aliphatic rings. The van der Waals surface area contributed by atoms with Crippen molar-refractivity contribution in [1.29, 1.82) is 0 Å². The smallest absolute Gasteiger partial charge is 0.388 e. The summed E-state index contributed by atoms with van der Waals surface area (Å²) < 4.78 is 37.6. The Morgan fingerprint density at radius 3 is 2.38 bits per heavy atom. The molecule has 0 aromatic carbocycles. The molecule has 92 valence electrons. The van der Waals surface area contributed by atoms with Crippen LogP contribution in [0.1, 0.15) is 36.4 Å². The second kappa shape index (κ2) is 4.45. The third kappa shape index (κ3) is 2.75. The zero-order valence-electron chi connectivity index (χ0n) is 9.47. The Bertz CT molecular complexity index is 371. The van der Waals surface area contributed by atoms with Gasteiger partial charge in [0.15, 0.2) is 0 Å².